The third kappa shape index (κ3) is 3.43. The maximum atomic E-state index is 12.6. The molecule has 1 fully saturated rings. The number of hydrogen-bond donors (Lipinski definition) is 2. The van der Waals surface area contributed by atoms with Gasteiger partial charge in [-0.15, -0.1) is 0 Å². The Bertz CT molecular complexity index is 672. The van der Waals surface area contributed by atoms with Crippen LogP contribution in [-0.4, -0.2) is 23.4 Å². The summed E-state index contributed by atoms with van der Waals surface area (Å²) in [6, 6.07) is 10.5. The molecule has 0 spiro atoms. The molecular weight excluding hydrogens is 310 g/mol. The number of rotatable bonds is 4. The maximum Gasteiger partial charge on any atom is 0.318 e. The smallest absolute Gasteiger partial charge is 0.318 e. The fourth-order valence-electron chi connectivity index (χ4n) is 3.24. The fraction of sp³-hybridized carbons (Fsp3) is 0.294. The highest BCUT2D eigenvalue weighted by Gasteiger charge is 2.37. The quantitative estimate of drug-likeness (QED) is 0.905. The van der Waals surface area contributed by atoms with Gasteiger partial charge in [0, 0.05) is 6.04 Å². The lowest BCUT2D eigenvalue weighted by molar-refractivity contribution is -0.126. The van der Waals surface area contributed by atoms with E-state index >= 15 is 0 Å². The van der Waals surface area contributed by atoms with Gasteiger partial charge in [-0.2, -0.15) is 11.3 Å². The number of hydrogen-bond acceptors (Lipinski definition) is 4. The van der Waals surface area contributed by atoms with Crippen LogP contribution in [0.25, 0.3) is 0 Å². The van der Waals surface area contributed by atoms with Crippen LogP contribution in [0, 0.1) is 0 Å². The Morgan fingerprint density at radius 1 is 1.26 bits per heavy atom. The number of nitrogens with two attached hydrogens (primary N) is 1. The van der Waals surface area contributed by atoms with Gasteiger partial charge in [-0.3, -0.25) is 15.0 Å². The van der Waals surface area contributed by atoms with Crippen LogP contribution in [0.3, 0.4) is 0 Å². The average molecular weight is 329 g/mol. The highest BCUT2D eigenvalue weighted by molar-refractivity contribution is 7.07. The summed E-state index contributed by atoms with van der Waals surface area (Å²) in [5, 5.41) is 6.42. The highest BCUT2D eigenvalue weighted by Crippen LogP contribution is 2.39. The zero-order valence-corrected chi connectivity index (χ0v) is 13.5. The monoisotopic (exact) mass is 329 g/mol. The molecule has 5 nitrogen and oxygen atoms in total. The number of thiophene rings is 1. The van der Waals surface area contributed by atoms with Gasteiger partial charge in [0.2, 0.25) is 5.91 Å². The molecule has 3 N–H and O–H groups in total. The second-order valence-electron chi connectivity index (χ2n) is 5.62. The van der Waals surface area contributed by atoms with E-state index in [1.165, 1.54) is 5.56 Å². The van der Waals surface area contributed by atoms with Gasteiger partial charge in [0.15, 0.2) is 0 Å². The lowest BCUT2D eigenvalue weighted by Crippen LogP contribution is -2.44. The van der Waals surface area contributed by atoms with Crippen molar-refractivity contribution in [3.8, 4) is 0 Å². The summed E-state index contributed by atoms with van der Waals surface area (Å²) in [6.45, 7) is 0.812. The number of benzene rings is 1. The predicted molar refractivity (Wildman–Crippen MR) is 89.9 cm³/mol. The molecule has 0 bridgehead atoms. The third-order valence-corrected chi connectivity index (χ3v) is 4.87. The molecule has 23 heavy (non-hydrogen) atoms. The molecule has 3 amide bonds. The molecule has 3 rings (SSSR count). The lowest BCUT2D eigenvalue weighted by atomic mass is 10.0. The third-order valence-electron chi connectivity index (χ3n) is 4.16. The Hall–Kier alpha value is -2.18. The maximum absolute atomic E-state index is 12.6. The van der Waals surface area contributed by atoms with Crippen LogP contribution in [0.2, 0.25) is 0 Å². The molecule has 0 saturated carbocycles. The number of carbonyl (C=O) groups excluding carboxylic acids is 2. The fourth-order valence-corrected chi connectivity index (χ4v) is 3.95. The predicted octanol–water partition coefficient (Wildman–Crippen LogP) is 2.82. The minimum atomic E-state index is -0.817. The van der Waals surface area contributed by atoms with Crippen molar-refractivity contribution in [2.45, 2.75) is 24.9 Å². The summed E-state index contributed by atoms with van der Waals surface area (Å²) in [6.07, 6.45) is 2.03. The first kappa shape index (κ1) is 15.7. The summed E-state index contributed by atoms with van der Waals surface area (Å²) in [4.78, 5) is 25.9. The molecule has 6 heteroatoms. The van der Waals surface area contributed by atoms with E-state index in [4.69, 9.17) is 5.73 Å². The van der Waals surface area contributed by atoms with E-state index in [0.29, 0.717) is 0 Å². The van der Waals surface area contributed by atoms with Crippen molar-refractivity contribution >= 4 is 23.3 Å². The topological polar surface area (TPSA) is 75.4 Å². The highest BCUT2D eigenvalue weighted by atomic mass is 32.1. The molecule has 2 heterocycles. The van der Waals surface area contributed by atoms with E-state index in [1.54, 1.807) is 11.3 Å². The molecule has 2 unspecified atom stereocenters. The van der Waals surface area contributed by atoms with Gasteiger partial charge in [0.1, 0.15) is 6.04 Å². The van der Waals surface area contributed by atoms with Crippen molar-refractivity contribution in [3.05, 3.63) is 58.3 Å². The molecule has 0 aliphatic carbocycles. The van der Waals surface area contributed by atoms with Crippen molar-refractivity contribution in [1.82, 2.24) is 10.2 Å². The van der Waals surface area contributed by atoms with E-state index in [2.05, 4.69) is 21.7 Å². The van der Waals surface area contributed by atoms with E-state index in [1.807, 2.05) is 35.7 Å². The first-order valence-corrected chi connectivity index (χ1v) is 8.54. The van der Waals surface area contributed by atoms with Crippen LogP contribution in [0.1, 0.15) is 36.1 Å². The number of imide groups is 1. The molecule has 120 valence electrons. The molecule has 1 aromatic carbocycles. The number of amides is 3. The van der Waals surface area contributed by atoms with Crippen molar-refractivity contribution < 1.29 is 9.59 Å². The van der Waals surface area contributed by atoms with Crippen molar-refractivity contribution in [2.24, 2.45) is 5.73 Å². The SMILES string of the molecule is NC(=O)NC(=O)C(c1ccccc1)N1CCCC1c1ccsc1. The Balaban J connectivity index is 1.94. The molecule has 1 aliphatic rings. The van der Waals surface area contributed by atoms with Crippen LogP contribution in [-0.2, 0) is 4.79 Å². The van der Waals surface area contributed by atoms with Gasteiger partial charge in [0.25, 0.3) is 0 Å². The number of likely N-dealkylation sites (tertiary alicyclic amines) is 1. The normalized spacial score (nSPS) is 19.4. The van der Waals surface area contributed by atoms with Gasteiger partial charge in [-0.1, -0.05) is 30.3 Å². The minimum Gasteiger partial charge on any atom is -0.351 e. The van der Waals surface area contributed by atoms with Crippen molar-refractivity contribution in [2.75, 3.05) is 6.54 Å². The number of urea groups is 1. The van der Waals surface area contributed by atoms with Gasteiger partial charge < -0.3 is 5.73 Å². The van der Waals surface area contributed by atoms with Gasteiger partial charge >= 0.3 is 6.03 Å². The zero-order valence-electron chi connectivity index (χ0n) is 12.6. The molecule has 2 aromatic rings. The molecule has 1 aromatic heterocycles. The molecule has 1 saturated heterocycles. The van der Waals surface area contributed by atoms with Crippen LogP contribution in [0.15, 0.2) is 47.2 Å². The van der Waals surface area contributed by atoms with Crippen LogP contribution >= 0.6 is 11.3 Å². The summed E-state index contributed by atoms with van der Waals surface area (Å²) in [5.41, 5.74) is 7.24. The lowest BCUT2D eigenvalue weighted by Gasteiger charge is -2.32. The Morgan fingerprint density at radius 3 is 2.70 bits per heavy atom. The summed E-state index contributed by atoms with van der Waals surface area (Å²) in [5.74, 6) is -0.370. The number of nitrogens with one attached hydrogen (secondary N) is 1. The number of carbonyl (C=O) groups is 2. The van der Waals surface area contributed by atoms with E-state index in [-0.39, 0.29) is 11.9 Å². The van der Waals surface area contributed by atoms with Crippen LogP contribution < -0.4 is 11.1 Å². The van der Waals surface area contributed by atoms with Crippen molar-refractivity contribution in [3.63, 3.8) is 0 Å². The summed E-state index contributed by atoms with van der Waals surface area (Å²) >= 11 is 1.65. The molecular formula is C17H19N3O2S. The minimum absolute atomic E-state index is 0.185. The van der Waals surface area contributed by atoms with Gasteiger partial charge in [0.05, 0.1) is 0 Å². The molecule has 0 radical (unpaired) electrons. The Morgan fingerprint density at radius 2 is 2.04 bits per heavy atom. The van der Waals surface area contributed by atoms with E-state index in [0.717, 1.165) is 24.9 Å². The van der Waals surface area contributed by atoms with Crippen LogP contribution in [0.4, 0.5) is 4.79 Å². The zero-order chi connectivity index (χ0) is 16.2. The Kier molecular flexibility index (Phi) is 4.73. The Labute approximate surface area is 139 Å². The van der Waals surface area contributed by atoms with Gasteiger partial charge in [-0.05, 0) is 47.3 Å². The molecule has 2 atom stereocenters. The summed E-state index contributed by atoms with van der Waals surface area (Å²) in [7, 11) is 0. The second kappa shape index (κ2) is 6.93. The van der Waals surface area contributed by atoms with Crippen LogP contribution in [0.5, 0.6) is 0 Å². The summed E-state index contributed by atoms with van der Waals surface area (Å²) < 4.78 is 0. The number of nitrogens with zero attached hydrogens (tertiary/aromatic N) is 1. The van der Waals surface area contributed by atoms with Crippen molar-refractivity contribution in [1.29, 1.82) is 0 Å². The number of primary amides is 1. The first-order valence-electron chi connectivity index (χ1n) is 7.60. The second-order valence-corrected chi connectivity index (χ2v) is 6.40. The first-order chi connectivity index (χ1) is 11.2. The molecule has 1 aliphatic heterocycles. The largest absolute Gasteiger partial charge is 0.351 e. The average Bonchev–Trinajstić information content (AvgIpc) is 3.18. The van der Waals surface area contributed by atoms with Gasteiger partial charge in [-0.25, -0.2) is 4.79 Å². The van der Waals surface area contributed by atoms with E-state index in [9.17, 15) is 9.59 Å². The van der Waals surface area contributed by atoms with E-state index < -0.39 is 12.1 Å². The standard InChI is InChI=1S/C17H19N3O2S/c18-17(22)19-16(21)15(12-5-2-1-3-6-12)20-9-4-7-14(20)13-8-10-23-11-13/h1-3,5-6,8,10-11,14-15H,4,7,9H2,(H3,18,19,21,22).